The minimum atomic E-state index is -0.124. The molecule has 0 aliphatic carbocycles. The predicted molar refractivity (Wildman–Crippen MR) is 70.4 cm³/mol. The Hall–Kier alpha value is -1.36. The van der Waals surface area contributed by atoms with Crippen molar-refractivity contribution in [3.63, 3.8) is 0 Å². The van der Waals surface area contributed by atoms with Crippen LogP contribution in [0.5, 0.6) is 0 Å². The van der Waals surface area contributed by atoms with Crippen LogP contribution in [-0.4, -0.2) is 18.4 Å². The molecule has 0 aromatic carbocycles. The molecule has 2 N–H and O–H groups in total. The summed E-state index contributed by atoms with van der Waals surface area (Å²) >= 11 is 1.34. The molecule has 0 spiro atoms. The molecular formula is C12H18N2O2S. The number of amides is 2. The Bertz CT molecular complexity index is 399. The number of nitrogens with one attached hydrogen (secondary N) is 2. The van der Waals surface area contributed by atoms with Gasteiger partial charge in [0.05, 0.1) is 5.69 Å². The van der Waals surface area contributed by atoms with E-state index in [1.807, 2.05) is 20.8 Å². The Morgan fingerprint density at radius 3 is 2.71 bits per heavy atom. The quantitative estimate of drug-likeness (QED) is 0.848. The molecule has 1 aromatic heterocycles. The van der Waals surface area contributed by atoms with Crippen LogP contribution in [0.1, 0.15) is 36.9 Å². The highest BCUT2D eigenvalue weighted by Gasteiger charge is 2.15. The molecule has 0 aliphatic heterocycles. The molecular weight excluding hydrogens is 236 g/mol. The Kier molecular flexibility index (Phi) is 5.15. The minimum Gasteiger partial charge on any atom is -0.351 e. The van der Waals surface area contributed by atoms with E-state index in [0.29, 0.717) is 17.1 Å². The van der Waals surface area contributed by atoms with E-state index in [1.54, 1.807) is 11.4 Å². The molecule has 1 heterocycles. The van der Waals surface area contributed by atoms with Crippen LogP contribution in [0.4, 0.5) is 5.69 Å². The summed E-state index contributed by atoms with van der Waals surface area (Å²) in [4.78, 5) is 23.9. The molecule has 2 amide bonds. The zero-order valence-electron chi connectivity index (χ0n) is 10.4. The SMILES string of the molecule is CCCNC(=O)c1sccc1NC(=O)C(C)C. The third-order valence-corrected chi connectivity index (χ3v) is 3.10. The summed E-state index contributed by atoms with van der Waals surface area (Å²) in [5, 5.41) is 7.36. The lowest BCUT2D eigenvalue weighted by molar-refractivity contribution is -0.118. The van der Waals surface area contributed by atoms with Gasteiger partial charge in [-0.25, -0.2) is 0 Å². The van der Waals surface area contributed by atoms with Gasteiger partial charge in [0.2, 0.25) is 5.91 Å². The van der Waals surface area contributed by atoms with Crippen LogP contribution in [0.15, 0.2) is 11.4 Å². The Labute approximate surface area is 105 Å². The van der Waals surface area contributed by atoms with Crippen LogP contribution >= 0.6 is 11.3 Å². The number of carbonyl (C=O) groups is 2. The third kappa shape index (κ3) is 3.85. The number of hydrogen-bond acceptors (Lipinski definition) is 3. The summed E-state index contributed by atoms with van der Waals surface area (Å²) in [7, 11) is 0. The Morgan fingerprint density at radius 1 is 1.41 bits per heavy atom. The van der Waals surface area contributed by atoms with Crippen molar-refractivity contribution in [2.24, 2.45) is 5.92 Å². The first-order chi connectivity index (χ1) is 8.06. The molecule has 0 bridgehead atoms. The lowest BCUT2D eigenvalue weighted by Gasteiger charge is -2.08. The maximum atomic E-state index is 11.8. The maximum Gasteiger partial charge on any atom is 0.263 e. The Balaban J connectivity index is 2.72. The number of hydrogen-bond donors (Lipinski definition) is 2. The molecule has 94 valence electrons. The van der Waals surface area contributed by atoms with E-state index in [1.165, 1.54) is 11.3 Å². The van der Waals surface area contributed by atoms with Crippen molar-refractivity contribution < 1.29 is 9.59 Å². The van der Waals surface area contributed by atoms with Gasteiger partial charge in [-0.2, -0.15) is 0 Å². The Morgan fingerprint density at radius 2 is 2.12 bits per heavy atom. The van der Waals surface area contributed by atoms with Crippen LogP contribution in [0.2, 0.25) is 0 Å². The number of rotatable bonds is 5. The van der Waals surface area contributed by atoms with E-state index in [-0.39, 0.29) is 17.7 Å². The lowest BCUT2D eigenvalue weighted by Crippen LogP contribution is -2.25. The molecule has 0 fully saturated rings. The largest absolute Gasteiger partial charge is 0.351 e. The minimum absolute atomic E-state index is 0.0760. The summed E-state index contributed by atoms with van der Waals surface area (Å²) in [5.41, 5.74) is 0.599. The van der Waals surface area contributed by atoms with Gasteiger partial charge in [0.15, 0.2) is 0 Å². The summed E-state index contributed by atoms with van der Waals surface area (Å²) in [6, 6.07) is 1.76. The van der Waals surface area contributed by atoms with Crippen molar-refractivity contribution >= 4 is 28.8 Å². The van der Waals surface area contributed by atoms with Gasteiger partial charge in [0.25, 0.3) is 5.91 Å². The van der Waals surface area contributed by atoms with Gasteiger partial charge in [-0.1, -0.05) is 20.8 Å². The molecule has 0 radical (unpaired) electrons. The third-order valence-electron chi connectivity index (χ3n) is 2.19. The standard InChI is InChI=1S/C12H18N2O2S/c1-4-6-13-12(16)10-9(5-7-17-10)14-11(15)8(2)3/h5,7-8H,4,6H2,1-3H3,(H,13,16)(H,14,15). The van der Waals surface area contributed by atoms with Crippen molar-refractivity contribution in [2.75, 3.05) is 11.9 Å². The number of anilines is 1. The van der Waals surface area contributed by atoms with Gasteiger partial charge in [-0.05, 0) is 17.9 Å². The van der Waals surface area contributed by atoms with E-state index in [2.05, 4.69) is 10.6 Å². The summed E-state index contributed by atoms with van der Waals surface area (Å²) in [6.07, 6.45) is 0.894. The van der Waals surface area contributed by atoms with Crippen molar-refractivity contribution in [3.05, 3.63) is 16.3 Å². The highest BCUT2D eigenvalue weighted by molar-refractivity contribution is 7.12. The second kappa shape index (κ2) is 6.39. The van der Waals surface area contributed by atoms with E-state index >= 15 is 0 Å². The molecule has 5 heteroatoms. The molecule has 0 saturated carbocycles. The summed E-state index contributed by atoms with van der Waals surface area (Å²) < 4.78 is 0. The van der Waals surface area contributed by atoms with Gasteiger partial charge in [0, 0.05) is 12.5 Å². The summed E-state index contributed by atoms with van der Waals surface area (Å²) in [5.74, 6) is -0.296. The average molecular weight is 254 g/mol. The topological polar surface area (TPSA) is 58.2 Å². The number of carbonyl (C=O) groups excluding carboxylic acids is 2. The monoisotopic (exact) mass is 254 g/mol. The second-order valence-electron chi connectivity index (χ2n) is 4.06. The van der Waals surface area contributed by atoms with Crippen LogP contribution in [0.3, 0.4) is 0 Å². The van der Waals surface area contributed by atoms with Gasteiger partial charge in [0.1, 0.15) is 4.88 Å². The van der Waals surface area contributed by atoms with E-state index < -0.39 is 0 Å². The van der Waals surface area contributed by atoms with Crippen LogP contribution in [-0.2, 0) is 4.79 Å². The summed E-state index contributed by atoms with van der Waals surface area (Å²) in [6.45, 7) is 6.28. The van der Waals surface area contributed by atoms with E-state index in [4.69, 9.17) is 0 Å². The maximum absolute atomic E-state index is 11.8. The van der Waals surface area contributed by atoms with Gasteiger partial charge < -0.3 is 10.6 Å². The smallest absolute Gasteiger partial charge is 0.263 e. The van der Waals surface area contributed by atoms with Crippen molar-refractivity contribution in [3.8, 4) is 0 Å². The molecule has 1 rings (SSSR count). The fourth-order valence-electron chi connectivity index (χ4n) is 1.18. The molecule has 1 aromatic rings. The van der Waals surface area contributed by atoms with Gasteiger partial charge in [-0.3, -0.25) is 9.59 Å². The van der Waals surface area contributed by atoms with E-state index in [9.17, 15) is 9.59 Å². The molecule has 17 heavy (non-hydrogen) atoms. The van der Waals surface area contributed by atoms with Crippen LogP contribution in [0.25, 0.3) is 0 Å². The first kappa shape index (κ1) is 13.7. The zero-order valence-corrected chi connectivity index (χ0v) is 11.2. The molecule has 0 unspecified atom stereocenters. The van der Waals surface area contributed by atoms with Crippen LogP contribution in [0, 0.1) is 5.92 Å². The fourth-order valence-corrected chi connectivity index (χ4v) is 1.94. The van der Waals surface area contributed by atoms with Gasteiger partial charge >= 0.3 is 0 Å². The lowest BCUT2D eigenvalue weighted by atomic mass is 10.2. The molecule has 0 saturated heterocycles. The van der Waals surface area contributed by atoms with Crippen molar-refractivity contribution in [1.82, 2.24) is 5.32 Å². The predicted octanol–water partition coefficient (Wildman–Crippen LogP) is 2.48. The highest BCUT2D eigenvalue weighted by Crippen LogP contribution is 2.22. The first-order valence-electron chi connectivity index (χ1n) is 5.72. The van der Waals surface area contributed by atoms with Crippen LogP contribution < -0.4 is 10.6 Å². The van der Waals surface area contributed by atoms with Crippen molar-refractivity contribution in [2.45, 2.75) is 27.2 Å². The van der Waals surface area contributed by atoms with Crippen molar-refractivity contribution in [1.29, 1.82) is 0 Å². The van der Waals surface area contributed by atoms with Gasteiger partial charge in [-0.15, -0.1) is 11.3 Å². The van der Waals surface area contributed by atoms with E-state index in [0.717, 1.165) is 6.42 Å². The first-order valence-corrected chi connectivity index (χ1v) is 6.60. The highest BCUT2D eigenvalue weighted by atomic mass is 32.1. The molecule has 4 nitrogen and oxygen atoms in total. The average Bonchev–Trinajstić information content (AvgIpc) is 2.73. The second-order valence-corrected chi connectivity index (χ2v) is 4.98. The molecule has 0 aliphatic rings. The number of thiophene rings is 1. The fraction of sp³-hybridized carbons (Fsp3) is 0.500. The zero-order chi connectivity index (χ0) is 12.8. The molecule has 0 atom stereocenters. The normalized spacial score (nSPS) is 10.4.